The standard InChI is InChI=1S/C59H74N4O15S3.O3S/c1-11-13-30-62-42-37-43-54(59(9,10)49(63(43)32-19-35-80(70,71)72)28-17-26-47-57(5,6)52-41(22-15-24-45(52)78-39-65)61(47)31-18-34-79(67,68)69)50(55(66)76-33-20-36-81(73,74)75)53(42)58(7,8)48(62)27-16-25-46-56(3,4)51-40(60(46)29-12-2)21-14-23-44(51)77-38-64;1-4(2)3/h14-17,21-28,37-39H,11-13,18-20,29-36H2,1-10H3,(H-2,67,68,69,70,71,72,73,74,75);/p+1. The van der Waals surface area contributed by atoms with Gasteiger partial charge in [0.1, 0.15) is 24.6 Å². The van der Waals surface area contributed by atoms with Gasteiger partial charge in [-0.2, -0.15) is 26.0 Å². The minimum absolute atomic E-state index is 0.0231. The van der Waals surface area contributed by atoms with Crippen LogP contribution in [-0.4, -0.2) is 141 Å². The summed E-state index contributed by atoms with van der Waals surface area (Å²) in [5.41, 5.74) is 5.54. The highest BCUT2D eigenvalue weighted by molar-refractivity contribution is 7.86. The summed E-state index contributed by atoms with van der Waals surface area (Å²) >= 11 is 0. The molecular formula is C59H75N4O18S4+. The van der Waals surface area contributed by atoms with Crippen LogP contribution in [0.25, 0.3) is 0 Å². The Balaban J connectivity index is 0.00000280. The first kappa shape index (κ1) is 67.4. The van der Waals surface area contributed by atoms with Crippen molar-refractivity contribution in [1.29, 1.82) is 0 Å². The van der Waals surface area contributed by atoms with Crippen LogP contribution in [0.5, 0.6) is 11.5 Å². The maximum Gasteiger partial charge on any atom is 0.425 e. The molecule has 0 saturated carbocycles. The van der Waals surface area contributed by atoms with Crippen molar-refractivity contribution in [3.05, 3.63) is 118 Å². The van der Waals surface area contributed by atoms with Gasteiger partial charge in [-0.25, -0.2) is 13.2 Å². The van der Waals surface area contributed by atoms with E-state index in [9.17, 15) is 48.5 Å². The molecule has 4 heterocycles. The first-order valence-corrected chi connectivity index (χ1v) is 33.5. The van der Waals surface area contributed by atoms with Crippen molar-refractivity contribution in [2.24, 2.45) is 0 Å². The summed E-state index contributed by atoms with van der Waals surface area (Å²) in [6.45, 7) is 21.9. The Morgan fingerprint density at radius 3 is 1.46 bits per heavy atom. The number of benzene rings is 3. The first-order chi connectivity index (χ1) is 39.6. The summed E-state index contributed by atoms with van der Waals surface area (Å²) in [6, 6.07) is 12.9. The van der Waals surface area contributed by atoms with E-state index in [0.29, 0.717) is 82.7 Å². The molecule has 2 N–H and O–H groups in total. The first-order valence-electron chi connectivity index (χ1n) is 27.7. The third kappa shape index (κ3) is 14.8. The Morgan fingerprint density at radius 1 is 0.612 bits per heavy atom. The number of carbonyl (C=O) groups excluding carboxylic acids is 3. The average Bonchev–Trinajstić information content (AvgIpc) is 1.57. The molecule has 22 nitrogen and oxygen atoms in total. The Kier molecular flexibility index (Phi) is 21.0. The molecule has 3 aromatic rings. The second-order valence-corrected chi connectivity index (χ2v) is 28.1. The smallest absolute Gasteiger partial charge is 0.425 e. The Bertz CT molecular complexity index is 3790. The van der Waals surface area contributed by atoms with Crippen LogP contribution >= 0.6 is 0 Å². The molecular weight excluding hydrogens is 1180 g/mol. The topological polar surface area (TPSA) is 309 Å². The molecule has 0 aliphatic carbocycles. The van der Waals surface area contributed by atoms with E-state index in [1.54, 1.807) is 24.3 Å². The fourth-order valence-electron chi connectivity index (χ4n) is 12.4. The lowest BCUT2D eigenvalue weighted by Gasteiger charge is -2.27. The number of esters is 1. The Hall–Kier alpha value is -6.68. The minimum atomic E-state index is -4.67. The van der Waals surface area contributed by atoms with Gasteiger partial charge in [0, 0.05) is 88.6 Å². The van der Waals surface area contributed by atoms with Crippen molar-refractivity contribution in [1.82, 2.24) is 0 Å². The number of unbranched alkanes of at least 4 members (excludes halogenated alkanes) is 1. The summed E-state index contributed by atoms with van der Waals surface area (Å²) in [4.78, 5) is 42.7. The third-order valence-corrected chi connectivity index (χ3v) is 18.2. The van der Waals surface area contributed by atoms with Crippen LogP contribution in [0.15, 0.2) is 90.3 Å². The molecule has 85 heavy (non-hydrogen) atoms. The quantitative estimate of drug-likeness (QED) is 0.0254. The fraction of sp³-hybridized carbons (Fsp3) is 0.475. The zero-order valence-electron chi connectivity index (χ0n) is 49.4. The lowest BCUT2D eigenvalue weighted by molar-refractivity contribution is -0.445. The molecule has 4 aliphatic rings. The van der Waals surface area contributed by atoms with Crippen LogP contribution in [0.3, 0.4) is 0 Å². The van der Waals surface area contributed by atoms with E-state index >= 15 is 4.79 Å². The number of rotatable bonds is 26. The normalized spacial score (nSPS) is 18.2. The number of fused-ring (bicyclic) bond motifs is 4. The van der Waals surface area contributed by atoms with E-state index in [-0.39, 0.29) is 44.5 Å². The summed E-state index contributed by atoms with van der Waals surface area (Å²) < 4.78 is 150. The van der Waals surface area contributed by atoms with Crippen molar-refractivity contribution in [3.8, 4) is 11.5 Å². The van der Waals surface area contributed by atoms with Crippen molar-refractivity contribution in [2.45, 2.75) is 129 Å². The number of hydrogen-bond acceptors (Lipinski definition) is 18. The lowest BCUT2D eigenvalue weighted by atomic mass is 9.72. The van der Waals surface area contributed by atoms with Crippen LogP contribution in [0.4, 0.5) is 22.7 Å². The van der Waals surface area contributed by atoms with E-state index in [4.69, 9.17) is 26.8 Å². The molecule has 0 unspecified atom stereocenters. The van der Waals surface area contributed by atoms with Crippen molar-refractivity contribution in [3.63, 3.8) is 0 Å². The van der Waals surface area contributed by atoms with Gasteiger partial charge in [0.15, 0.2) is 11.4 Å². The Morgan fingerprint density at radius 2 is 1.05 bits per heavy atom. The number of nitrogens with zero attached hydrogens (tertiary/aromatic N) is 4. The van der Waals surface area contributed by atoms with Crippen LogP contribution in [0.2, 0.25) is 0 Å². The second kappa shape index (κ2) is 26.5. The molecule has 0 aromatic heterocycles. The number of anilines is 2. The summed E-state index contributed by atoms with van der Waals surface area (Å²) in [6.07, 6.45) is 13.7. The molecule has 0 saturated heterocycles. The molecule has 462 valence electrons. The van der Waals surface area contributed by atoms with E-state index in [1.165, 1.54) is 0 Å². The van der Waals surface area contributed by atoms with E-state index in [1.807, 2.05) is 99.6 Å². The molecule has 0 amide bonds. The summed E-state index contributed by atoms with van der Waals surface area (Å²) in [5.74, 6) is -1.80. The zero-order chi connectivity index (χ0) is 63.3. The third-order valence-electron chi connectivity index (χ3n) is 15.8. The summed E-state index contributed by atoms with van der Waals surface area (Å²) in [7, 11) is -16.5. The van der Waals surface area contributed by atoms with Gasteiger partial charge in [-0.3, -0.25) is 18.7 Å². The van der Waals surface area contributed by atoms with Gasteiger partial charge in [-0.1, -0.05) is 72.2 Å². The molecule has 0 spiro atoms. The van der Waals surface area contributed by atoms with Crippen molar-refractivity contribution in [2.75, 3.05) is 59.8 Å². The SMILES string of the molecule is CCCC[N+]1=C(/C=C/C=C2/N(CCC)c3cccc(OC=O)c3C2(C)C)C(C)(C)c2c1cc1c(c2C(=O)OCCCS(=O)(=O)O)C(C)(C)C(/C=C/C=C2\N(CCCS(=O)(=O)O)c3cccc(OC=O)c3C2(C)C)=[N+]1CCCS(=O)(=O)[O-].O=S(=O)=O. The van der Waals surface area contributed by atoms with Gasteiger partial charge in [0.05, 0.1) is 61.8 Å². The molecule has 7 rings (SSSR count). The zero-order valence-corrected chi connectivity index (χ0v) is 52.7. The van der Waals surface area contributed by atoms with E-state index < -0.39 is 85.9 Å². The molecule has 0 bridgehead atoms. The predicted octanol–water partition coefficient (Wildman–Crippen LogP) is 7.84. The van der Waals surface area contributed by atoms with E-state index in [2.05, 4.69) is 43.2 Å². The molecule has 0 fully saturated rings. The molecule has 26 heteroatoms. The van der Waals surface area contributed by atoms with Crippen molar-refractivity contribution < 1.29 is 89.3 Å². The molecule has 4 aliphatic heterocycles. The van der Waals surface area contributed by atoms with Gasteiger partial charge < -0.3 is 28.6 Å². The largest absolute Gasteiger partial charge is 0.748 e. The fourth-order valence-corrected chi connectivity index (χ4v) is 13.9. The van der Waals surface area contributed by atoms with E-state index in [0.717, 1.165) is 41.9 Å². The maximum atomic E-state index is 15.2. The highest BCUT2D eigenvalue weighted by Crippen LogP contribution is 2.55. The van der Waals surface area contributed by atoms with Gasteiger partial charge in [0.25, 0.3) is 33.2 Å². The minimum Gasteiger partial charge on any atom is -0.748 e. The van der Waals surface area contributed by atoms with Crippen LogP contribution in [0.1, 0.15) is 140 Å². The summed E-state index contributed by atoms with van der Waals surface area (Å²) in [5, 5.41) is 0. The molecule has 3 aromatic carbocycles. The number of carbonyl (C=O) groups is 3. The number of hydrogen-bond donors (Lipinski definition) is 2. The Labute approximate surface area is 499 Å². The van der Waals surface area contributed by atoms with Crippen LogP contribution in [0, 0.1) is 0 Å². The highest BCUT2D eigenvalue weighted by atomic mass is 32.2. The molecule has 0 atom stereocenters. The highest BCUT2D eigenvalue weighted by Gasteiger charge is 2.56. The van der Waals surface area contributed by atoms with Gasteiger partial charge in [-0.15, -0.1) is 12.6 Å². The van der Waals surface area contributed by atoms with Crippen LogP contribution in [-0.2, 0) is 76.9 Å². The monoisotopic (exact) mass is 1260 g/mol. The van der Waals surface area contributed by atoms with Gasteiger partial charge in [0.2, 0.25) is 11.4 Å². The van der Waals surface area contributed by atoms with Gasteiger partial charge >= 0.3 is 16.6 Å². The molecule has 0 radical (unpaired) electrons. The average molecular weight is 1260 g/mol. The number of ether oxygens (including phenoxy) is 3. The van der Waals surface area contributed by atoms with Gasteiger partial charge in [-0.05, 0) is 83.4 Å². The second-order valence-electron chi connectivity index (χ2n) is 23.1. The maximum absolute atomic E-state index is 15.2. The number of allylic oxidation sites excluding steroid dienone is 8. The van der Waals surface area contributed by atoms with Crippen LogP contribution < -0.4 is 19.3 Å². The van der Waals surface area contributed by atoms with Crippen molar-refractivity contribution >= 4 is 94.0 Å². The lowest BCUT2D eigenvalue weighted by Crippen LogP contribution is -2.33. The predicted molar refractivity (Wildman–Crippen MR) is 320 cm³/mol.